The van der Waals surface area contributed by atoms with Crippen LogP contribution in [0.1, 0.15) is 28.3 Å². The van der Waals surface area contributed by atoms with Crippen molar-refractivity contribution in [2.24, 2.45) is 0 Å². The van der Waals surface area contributed by atoms with E-state index in [-0.39, 0.29) is 24.8 Å². The molecule has 1 N–H and O–H groups in total. The molecule has 3 aromatic rings. The number of aromatic nitrogens is 5. The highest BCUT2D eigenvalue weighted by atomic mass is 19.3. The molecule has 1 saturated heterocycles. The average Bonchev–Trinajstić information content (AvgIpc) is 3.43. The number of fused-ring (bicyclic) bond motifs is 1. The van der Waals surface area contributed by atoms with Crippen molar-refractivity contribution in [2.45, 2.75) is 37.9 Å². The first-order chi connectivity index (χ1) is 16.8. The summed E-state index contributed by atoms with van der Waals surface area (Å²) in [6.07, 6.45) is 2.36. The van der Waals surface area contributed by atoms with Gasteiger partial charge in [-0.15, -0.1) is 5.10 Å². The molecule has 2 amide bonds. The zero-order valence-corrected chi connectivity index (χ0v) is 19.3. The summed E-state index contributed by atoms with van der Waals surface area (Å²) in [5.74, 6) is -2.77. The van der Waals surface area contributed by atoms with Gasteiger partial charge in [0, 0.05) is 32.6 Å². The Morgan fingerprint density at radius 3 is 2.71 bits per heavy atom. The van der Waals surface area contributed by atoms with Gasteiger partial charge in [0.15, 0.2) is 0 Å². The Bertz CT molecular complexity index is 1220. The van der Waals surface area contributed by atoms with Crippen LogP contribution in [0.15, 0.2) is 42.7 Å². The monoisotopic (exact) mass is 484 g/mol. The fourth-order valence-corrected chi connectivity index (χ4v) is 4.38. The van der Waals surface area contributed by atoms with E-state index in [1.165, 1.54) is 11.2 Å². The van der Waals surface area contributed by atoms with E-state index in [1.54, 1.807) is 27.4 Å². The lowest BCUT2D eigenvalue weighted by molar-refractivity contribution is -0.129. The molecule has 10 nitrogen and oxygen atoms in total. The summed E-state index contributed by atoms with van der Waals surface area (Å²) >= 11 is 0. The number of carbonyl (C=O) groups is 2. The number of rotatable bonds is 7. The third-order valence-electron chi connectivity index (χ3n) is 6.24. The van der Waals surface area contributed by atoms with Gasteiger partial charge in [0.25, 0.3) is 17.7 Å². The highest BCUT2D eigenvalue weighted by Gasteiger charge is 2.43. The van der Waals surface area contributed by atoms with Crippen LogP contribution in [0.4, 0.5) is 14.6 Å². The first-order valence-corrected chi connectivity index (χ1v) is 11.5. The van der Waals surface area contributed by atoms with Crippen LogP contribution in [-0.4, -0.2) is 79.9 Å². The highest BCUT2D eigenvalue weighted by Crippen LogP contribution is 2.27. The highest BCUT2D eigenvalue weighted by molar-refractivity contribution is 6.00. The second-order valence-corrected chi connectivity index (χ2v) is 9.00. The molecule has 12 heteroatoms. The molecule has 5 rings (SSSR count). The van der Waals surface area contributed by atoms with Crippen molar-refractivity contribution in [3.8, 4) is 0 Å². The number of likely N-dealkylation sites (N-methyl/N-ethyl adjacent to an activating group) is 1. The Hall–Kier alpha value is -3.67. The zero-order valence-electron chi connectivity index (χ0n) is 19.3. The van der Waals surface area contributed by atoms with E-state index in [9.17, 15) is 18.4 Å². The third-order valence-corrected chi connectivity index (χ3v) is 6.24. The Kier molecular flexibility index (Phi) is 6.05. The average molecular weight is 485 g/mol. The maximum atomic E-state index is 13.1. The summed E-state index contributed by atoms with van der Waals surface area (Å²) < 4.78 is 29.3. The minimum absolute atomic E-state index is 0.00257. The minimum Gasteiger partial charge on any atom is -0.337 e. The minimum atomic E-state index is -2.59. The summed E-state index contributed by atoms with van der Waals surface area (Å²) in [4.78, 5) is 33.0. The van der Waals surface area contributed by atoms with E-state index in [0.29, 0.717) is 38.3 Å². The van der Waals surface area contributed by atoms with Gasteiger partial charge in [0.05, 0.1) is 25.3 Å². The van der Waals surface area contributed by atoms with Crippen molar-refractivity contribution < 1.29 is 18.4 Å². The van der Waals surface area contributed by atoms with Gasteiger partial charge in [-0.1, -0.05) is 30.3 Å². The molecular weight excluding hydrogens is 458 g/mol. The second-order valence-electron chi connectivity index (χ2n) is 9.00. The molecule has 0 unspecified atom stereocenters. The number of nitrogens with one attached hydrogen (secondary N) is 1. The molecule has 184 valence electrons. The Morgan fingerprint density at radius 2 is 1.97 bits per heavy atom. The standard InChI is InChI=1S/C23H26F2N8O2/c1-30-19-11-17(7-9-31-13-23(24,25)14-31)28-33(19)10-8-18(22(30)35)27-21(34)20-26-15-32(29-20)12-16-5-3-2-4-6-16/h2-6,11,15,18H,7-10,12-14H2,1H3,(H,27,34)/t18-/m0/s1. The van der Waals surface area contributed by atoms with Gasteiger partial charge in [0.1, 0.15) is 18.2 Å². The van der Waals surface area contributed by atoms with Gasteiger partial charge in [0.2, 0.25) is 5.82 Å². The fourth-order valence-electron chi connectivity index (χ4n) is 4.38. The Labute approximate surface area is 200 Å². The first kappa shape index (κ1) is 23.1. The largest absolute Gasteiger partial charge is 0.337 e. The van der Waals surface area contributed by atoms with Crippen LogP contribution >= 0.6 is 0 Å². The maximum Gasteiger partial charge on any atom is 0.291 e. The molecule has 1 aromatic carbocycles. The van der Waals surface area contributed by atoms with Gasteiger partial charge < -0.3 is 5.32 Å². The van der Waals surface area contributed by atoms with E-state index in [4.69, 9.17) is 0 Å². The van der Waals surface area contributed by atoms with Gasteiger partial charge in [-0.25, -0.2) is 23.1 Å². The molecule has 2 aliphatic rings. The number of hydrogen-bond acceptors (Lipinski definition) is 6. The number of aryl methyl sites for hydroxylation is 1. The van der Waals surface area contributed by atoms with Crippen LogP contribution in [0.5, 0.6) is 0 Å². The van der Waals surface area contributed by atoms with Crippen LogP contribution in [-0.2, 0) is 24.3 Å². The molecule has 4 heterocycles. The molecule has 0 aliphatic carbocycles. The number of carbonyl (C=O) groups excluding carboxylic acids is 2. The quantitative estimate of drug-likeness (QED) is 0.541. The number of nitrogens with zero attached hydrogens (tertiary/aromatic N) is 7. The number of anilines is 1. The Balaban J connectivity index is 1.18. The summed E-state index contributed by atoms with van der Waals surface area (Å²) in [7, 11) is 1.63. The van der Waals surface area contributed by atoms with Crippen molar-refractivity contribution in [3.63, 3.8) is 0 Å². The number of halogens is 2. The van der Waals surface area contributed by atoms with Crippen LogP contribution in [0.3, 0.4) is 0 Å². The van der Waals surface area contributed by atoms with Crippen LogP contribution in [0, 0.1) is 0 Å². The summed E-state index contributed by atoms with van der Waals surface area (Å²) in [6.45, 7) is 0.954. The lowest BCUT2D eigenvalue weighted by Crippen LogP contribution is -2.56. The predicted molar refractivity (Wildman–Crippen MR) is 122 cm³/mol. The summed E-state index contributed by atoms with van der Waals surface area (Å²) in [6, 6.07) is 10.7. The SMILES string of the molecule is CN1C(=O)[C@@H](NC(=O)c2ncn(Cc3ccccc3)n2)CCn2nc(CCN3CC(F)(F)C3)cc21. The van der Waals surface area contributed by atoms with Crippen molar-refractivity contribution in [2.75, 3.05) is 31.6 Å². The fraction of sp³-hybridized carbons (Fsp3) is 0.435. The Morgan fingerprint density at radius 1 is 1.20 bits per heavy atom. The molecule has 2 aromatic heterocycles. The number of hydrogen-bond donors (Lipinski definition) is 1. The van der Waals surface area contributed by atoms with Crippen molar-refractivity contribution in [1.29, 1.82) is 0 Å². The van der Waals surface area contributed by atoms with E-state index >= 15 is 0 Å². The number of amides is 2. The normalized spacial score (nSPS) is 19.7. The van der Waals surface area contributed by atoms with Crippen molar-refractivity contribution in [3.05, 3.63) is 59.8 Å². The molecule has 1 atom stereocenters. The van der Waals surface area contributed by atoms with Gasteiger partial charge >= 0.3 is 0 Å². The van der Waals surface area contributed by atoms with Crippen molar-refractivity contribution in [1.82, 2.24) is 34.8 Å². The lowest BCUT2D eigenvalue weighted by Gasteiger charge is -2.38. The van der Waals surface area contributed by atoms with Crippen LogP contribution < -0.4 is 10.2 Å². The summed E-state index contributed by atoms with van der Waals surface area (Å²) in [5.41, 5.74) is 1.77. The first-order valence-electron chi connectivity index (χ1n) is 11.5. The van der Waals surface area contributed by atoms with E-state index < -0.39 is 17.9 Å². The molecule has 1 fully saturated rings. The third kappa shape index (κ3) is 5.06. The molecule has 2 aliphatic heterocycles. The zero-order chi connectivity index (χ0) is 24.6. The molecule has 0 spiro atoms. The molecule has 35 heavy (non-hydrogen) atoms. The van der Waals surface area contributed by atoms with E-state index in [2.05, 4.69) is 20.5 Å². The van der Waals surface area contributed by atoms with Crippen LogP contribution in [0.25, 0.3) is 0 Å². The van der Waals surface area contributed by atoms with E-state index in [0.717, 1.165) is 11.3 Å². The smallest absolute Gasteiger partial charge is 0.291 e. The second kappa shape index (κ2) is 9.17. The topological polar surface area (TPSA) is 101 Å². The summed E-state index contributed by atoms with van der Waals surface area (Å²) in [5, 5.41) is 11.5. The van der Waals surface area contributed by atoms with E-state index in [1.807, 2.05) is 30.3 Å². The lowest BCUT2D eigenvalue weighted by atomic mass is 10.1. The molecule has 0 bridgehead atoms. The number of alkyl halides is 2. The predicted octanol–water partition coefficient (Wildman–Crippen LogP) is 1.18. The van der Waals surface area contributed by atoms with Crippen molar-refractivity contribution >= 4 is 17.6 Å². The van der Waals surface area contributed by atoms with Crippen LogP contribution in [0.2, 0.25) is 0 Å². The molecular formula is C23H26F2N8O2. The number of benzene rings is 1. The van der Waals surface area contributed by atoms with Gasteiger partial charge in [-0.2, -0.15) is 5.10 Å². The molecule has 0 saturated carbocycles. The van der Waals surface area contributed by atoms with Gasteiger partial charge in [-0.05, 0) is 12.0 Å². The molecule has 0 radical (unpaired) electrons. The van der Waals surface area contributed by atoms with Gasteiger partial charge in [-0.3, -0.25) is 19.4 Å². The number of likely N-dealkylation sites (tertiary alicyclic amines) is 1. The maximum absolute atomic E-state index is 13.1.